The summed E-state index contributed by atoms with van der Waals surface area (Å²) in [5.74, 6) is 0. The Morgan fingerprint density at radius 3 is 1.00 bits per heavy atom. The van der Waals surface area contributed by atoms with Gasteiger partial charge < -0.3 is 0 Å². The van der Waals surface area contributed by atoms with Crippen LogP contribution in [0, 0.1) is 45.9 Å². The third-order valence-electron chi connectivity index (χ3n) is 8.21. The molecule has 5 aromatic rings. The maximum Gasteiger partial charge on any atom is 6.00 e. The first-order valence-electron chi connectivity index (χ1n) is 14.9. The molecule has 0 unspecified atom stereocenters. The van der Waals surface area contributed by atoms with E-state index in [0.29, 0.717) is 4.43 Å². The number of hydrogen-bond acceptors (Lipinski definition) is 1. The van der Waals surface area contributed by atoms with Crippen molar-refractivity contribution in [2.75, 3.05) is 16.8 Å². The molecule has 0 aliphatic rings. The van der Waals surface area contributed by atoms with E-state index in [4.69, 9.17) is 5.26 Å². The number of benzene rings is 4. The molecule has 224 valence electrons. The van der Waals surface area contributed by atoms with E-state index in [0.717, 1.165) is 0 Å². The Morgan fingerprint density at radius 1 is 0.568 bits per heavy atom. The molecule has 0 aliphatic carbocycles. The van der Waals surface area contributed by atoms with Crippen LogP contribution in [-0.2, 0) is 19.5 Å². The van der Waals surface area contributed by atoms with E-state index in [1.807, 2.05) is 28.7 Å². The SMILES string of the molecule is Cc1c(C)c(C)[c-](C)c1C.N#CCI.[Ru+6].c1ccc([PH+](CCC[PH+](c2ccccc2)c2ccccc2)c2ccccc2)cc1. The molecule has 44 heavy (non-hydrogen) atoms. The van der Waals surface area contributed by atoms with E-state index in [2.05, 4.69) is 156 Å². The number of halogens is 1. The predicted octanol–water partition coefficient (Wildman–Crippen LogP) is 9.00. The predicted molar refractivity (Wildman–Crippen MR) is 206 cm³/mol. The van der Waals surface area contributed by atoms with Gasteiger partial charge in [-0.2, -0.15) is 33.1 Å². The second-order valence-corrected chi connectivity index (χ2v) is 16.7. The van der Waals surface area contributed by atoms with E-state index in [1.165, 1.54) is 67.8 Å². The van der Waals surface area contributed by atoms with Gasteiger partial charge >= 0.3 is 19.5 Å². The van der Waals surface area contributed by atoms with Crippen LogP contribution in [0.2, 0.25) is 0 Å². The van der Waals surface area contributed by atoms with Gasteiger partial charge in [0.25, 0.3) is 0 Å². The molecule has 0 aliphatic heterocycles. The second kappa shape index (κ2) is 20.9. The third-order valence-corrected chi connectivity index (χ3v) is 14.4. The van der Waals surface area contributed by atoms with Crippen LogP contribution < -0.4 is 21.2 Å². The average Bonchev–Trinajstić information content (AvgIpc) is 3.24. The van der Waals surface area contributed by atoms with E-state index >= 15 is 0 Å². The summed E-state index contributed by atoms with van der Waals surface area (Å²) in [7, 11) is -1.48. The van der Waals surface area contributed by atoms with Crippen LogP contribution in [0.4, 0.5) is 0 Å². The monoisotopic (exact) mass is 818 g/mol. The van der Waals surface area contributed by atoms with Crippen LogP contribution in [-0.4, -0.2) is 16.8 Å². The molecular formula is C39H45INP2Ru+7. The zero-order chi connectivity index (χ0) is 31.0. The van der Waals surface area contributed by atoms with Crippen LogP contribution in [0.15, 0.2) is 121 Å². The van der Waals surface area contributed by atoms with Gasteiger partial charge in [-0.05, 0) is 48.5 Å². The summed E-state index contributed by atoms with van der Waals surface area (Å²) in [6.07, 6.45) is 3.84. The van der Waals surface area contributed by atoms with Crippen molar-refractivity contribution in [3.05, 3.63) is 149 Å². The fraction of sp³-hybridized carbons (Fsp3) is 0.231. The molecule has 0 spiro atoms. The minimum Gasteiger partial charge on any atom is -0.197 e. The van der Waals surface area contributed by atoms with Gasteiger partial charge in [0, 0.05) is 6.42 Å². The number of alkyl halides is 1. The van der Waals surface area contributed by atoms with Crippen LogP contribution in [0.3, 0.4) is 0 Å². The van der Waals surface area contributed by atoms with Gasteiger partial charge in [-0.15, -0.1) is 0 Å². The van der Waals surface area contributed by atoms with E-state index in [-0.39, 0.29) is 19.5 Å². The van der Waals surface area contributed by atoms with Crippen molar-refractivity contribution in [2.45, 2.75) is 41.0 Å². The number of nitrogens with zero attached hydrogens (tertiary/aromatic N) is 1. The van der Waals surface area contributed by atoms with Crippen molar-refractivity contribution in [3.8, 4) is 6.07 Å². The molecule has 5 aromatic carbocycles. The fourth-order valence-electron chi connectivity index (χ4n) is 5.32. The molecule has 5 rings (SSSR count). The molecule has 0 bridgehead atoms. The first-order chi connectivity index (χ1) is 20.9. The molecule has 0 radical (unpaired) electrons. The summed E-state index contributed by atoms with van der Waals surface area (Å²) in [5.41, 5.74) is 7.34. The molecule has 1 nitrogen and oxygen atoms in total. The quantitative estimate of drug-likeness (QED) is 0.0505. The molecule has 0 saturated carbocycles. The molecule has 0 atom stereocenters. The molecular weight excluding hydrogens is 772 g/mol. The zero-order valence-electron chi connectivity index (χ0n) is 26.6. The fourth-order valence-corrected chi connectivity index (χ4v) is 10.9. The van der Waals surface area contributed by atoms with Crippen molar-refractivity contribution in [1.29, 1.82) is 5.26 Å². The normalized spacial score (nSPS) is 10.2. The minimum atomic E-state index is -0.742. The maximum absolute atomic E-state index is 7.62. The third kappa shape index (κ3) is 11.4. The molecule has 5 heteroatoms. The Morgan fingerprint density at radius 2 is 0.818 bits per heavy atom. The zero-order valence-corrected chi connectivity index (χ0v) is 32.4. The number of nitriles is 1. The van der Waals surface area contributed by atoms with E-state index in [1.54, 1.807) is 0 Å². The second-order valence-electron chi connectivity index (χ2n) is 10.7. The summed E-state index contributed by atoms with van der Waals surface area (Å²) in [6, 6.07) is 46.5. The Labute approximate surface area is 295 Å². The van der Waals surface area contributed by atoms with Crippen molar-refractivity contribution >= 4 is 59.7 Å². The first kappa shape index (κ1) is 38.1. The molecule has 0 N–H and O–H groups in total. The molecule has 0 amide bonds. The smallest absolute Gasteiger partial charge is 0.197 e. The summed E-state index contributed by atoms with van der Waals surface area (Å²) in [6.45, 7) is 11.0. The largest absolute Gasteiger partial charge is 6.00 e. The van der Waals surface area contributed by atoms with Gasteiger partial charge in [-0.3, -0.25) is 0 Å². The van der Waals surface area contributed by atoms with Gasteiger partial charge in [0.15, 0.2) is 0 Å². The average molecular weight is 818 g/mol. The van der Waals surface area contributed by atoms with Crippen molar-refractivity contribution in [1.82, 2.24) is 0 Å². The van der Waals surface area contributed by atoms with Crippen LogP contribution >= 0.6 is 38.4 Å². The number of hydrogen-bond donors (Lipinski definition) is 0. The molecule has 0 aromatic heterocycles. The van der Waals surface area contributed by atoms with Crippen molar-refractivity contribution < 1.29 is 19.5 Å². The van der Waals surface area contributed by atoms with Crippen LogP contribution in [0.1, 0.15) is 34.2 Å². The Balaban J connectivity index is 0.000000375. The molecule has 0 saturated heterocycles. The maximum atomic E-state index is 7.62. The Bertz CT molecular complexity index is 1290. The van der Waals surface area contributed by atoms with Crippen LogP contribution in [0.5, 0.6) is 0 Å². The molecule has 0 fully saturated rings. The molecule has 0 heterocycles. The Hall–Kier alpha value is -2.07. The topological polar surface area (TPSA) is 23.8 Å². The van der Waals surface area contributed by atoms with Crippen molar-refractivity contribution in [3.63, 3.8) is 0 Å². The standard InChI is InChI=1S/C27H26P2.C10H15.C2H2IN.Ru/c1-5-14-24(15-6-1)28(25-16-7-2-8-17-25)22-13-23-29(26-18-9-3-10-19-26)27-20-11-4-12-21-27;1-6-7(2)9(4)10(5)8(6)3;3-1-2-4;/h1-12,14-21H,13,22-23H2;1-5H3;1H2;/q;-1;;+6/p+2. The summed E-state index contributed by atoms with van der Waals surface area (Å²) >= 11 is 1.99. The van der Waals surface area contributed by atoms with Gasteiger partial charge in [0.1, 0.15) is 0 Å². The van der Waals surface area contributed by atoms with Gasteiger partial charge in [-0.1, -0.05) is 130 Å². The number of rotatable bonds is 8. The van der Waals surface area contributed by atoms with Gasteiger partial charge in [-0.25, -0.2) is 0 Å². The van der Waals surface area contributed by atoms with E-state index < -0.39 is 15.8 Å². The van der Waals surface area contributed by atoms with E-state index in [9.17, 15) is 0 Å². The first-order valence-corrected chi connectivity index (χ1v) is 19.9. The van der Waals surface area contributed by atoms with Gasteiger partial charge in [0.2, 0.25) is 0 Å². The minimum absolute atomic E-state index is 0. The summed E-state index contributed by atoms with van der Waals surface area (Å²) in [4.78, 5) is 0. The summed E-state index contributed by atoms with van der Waals surface area (Å²) in [5, 5.41) is 13.7. The Kier molecular flexibility index (Phi) is 18.1. The van der Waals surface area contributed by atoms with Gasteiger partial charge in [0.05, 0.1) is 59.9 Å². The summed E-state index contributed by atoms with van der Waals surface area (Å²) < 4.78 is 0.595. The van der Waals surface area contributed by atoms with Crippen molar-refractivity contribution in [2.24, 2.45) is 0 Å². The van der Waals surface area contributed by atoms with Crippen LogP contribution in [0.25, 0.3) is 0 Å².